The average Bonchev–Trinajstić information content (AvgIpc) is 3.18. The summed E-state index contributed by atoms with van der Waals surface area (Å²) in [7, 11) is 0. The molecule has 25 heavy (non-hydrogen) atoms. The standard InChI is InChI=1S/C20H19N3O2/c1-12-2-11-18(25-12)17-10-8-15-16(23-20(21)19(15)22-17)9-5-13-3-6-14(24)7-4-13/h2-4,6-8,10-11,16,24H,5,9H2,1H3,(H2,21,23). The zero-order valence-electron chi connectivity index (χ0n) is 13.9. The van der Waals surface area contributed by atoms with Crippen LogP contribution in [-0.2, 0) is 6.42 Å². The lowest BCUT2D eigenvalue weighted by Gasteiger charge is -2.10. The zero-order valence-corrected chi connectivity index (χ0v) is 13.9. The van der Waals surface area contributed by atoms with Gasteiger partial charge in [0.1, 0.15) is 28.7 Å². The summed E-state index contributed by atoms with van der Waals surface area (Å²) in [6, 6.07) is 15.1. The number of aliphatic imine (C=N–C) groups is 1. The highest BCUT2D eigenvalue weighted by Crippen LogP contribution is 2.33. The van der Waals surface area contributed by atoms with Gasteiger partial charge in [0.05, 0.1) is 6.04 Å². The highest BCUT2D eigenvalue weighted by molar-refractivity contribution is 6.00. The summed E-state index contributed by atoms with van der Waals surface area (Å²) < 4.78 is 5.64. The molecular weight excluding hydrogens is 314 g/mol. The summed E-state index contributed by atoms with van der Waals surface area (Å²) in [5, 5.41) is 9.37. The second-order valence-corrected chi connectivity index (χ2v) is 6.28. The van der Waals surface area contributed by atoms with E-state index in [4.69, 9.17) is 10.2 Å². The third kappa shape index (κ3) is 3.01. The highest BCUT2D eigenvalue weighted by atomic mass is 16.3. The third-order valence-electron chi connectivity index (χ3n) is 4.46. The van der Waals surface area contributed by atoms with Crippen molar-refractivity contribution in [3.8, 4) is 17.2 Å². The molecule has 1 aliphatic rings. The summed E-state index contributed by atoms with van der Waals surface area (Å²) >= 11 is 0. The van der Waals surface area contributed by atoms with E-state index in [1.165, 1.54) is 0 Å². The first kappa shape index (κ1) is 15.4. The molecule has 5 heteroatoms. The number of pyridine rings is 1. The van der Waals surface area contributed by atoms with Crippen molar-refractivity contribution in [2.24, 2.45) is 10.7 Å². The number of aromatic hydroxyl groups is 1. The number of aryl methyl sites for hydroxylation is 2. The number of hydrogen-bond acceptors (Lipinski definition) is 5. The number of nitrogens with two attached hydrogens (primary N) is 1. The van der Waals surface area contributed by atoms with E-state index in [-0.39, 0.29) is 11.8 Å². The molecule has 0 fully saturated rings. The molecular formula is C20H19N3O2. The Morgan fingerprint density at radius 2 is 1.88 bits per heavy atom. The van der Waals surface area contributed by atoms with Gasteiger partial charge in [-0.3, -0.25) is 4.99 Å². The second kappa shape index (κ2) is 6.09. The summed E-state index contributed by atoms with van der Waals surface area (Å²) in [6.07, 6.45) is 1.71. The molecule has 1 unspecified atom stereocenters. The predicted molar refractivity (Wildman–Crippen MR) is 96.6 cm³/mol. The van der Waals surface area contributed by atoms with E-state index in [9.17, 15) is 5.11 Å². The molecule has 2 aromatic heterocycles. The van der Waals surface area contributed by atoms with Gasteiger partial charge in [0, 0.05) is 5.56 Å². The SMILES string of the molecule is Cc1ccc(-c2ccc3c(n2)C(N)=NC3CCc2ccc(O)cc2)o1. The number of rotatable bonds is 4. The van der Waals surface area contributed by atoms with Gasteiger partial charge >= 0.3 is 0 Å². The Balaban J connectivity index is 1.55. The Labute approximate surface area is 145 Å². The van der Waals surface area contributed by atoms with Gasteiger partial charge in [-0.1, -0.05) is 18.2 Å². The topological polar surface area (TPSA) is 84.6 Å². The van der Waals surface area contributed by atoms with Crippen molar-refractivity contribution < 1.29 is 9.52 Å². The van der Waals surface area contributed by atoms with E-state index in [2.05, 4.69) is 9.98 Å². The lowest BCUT2D eigenvalue weighted by molar-refractivity contribution is 0.475. The molecule has 0 spiro atoms. The number of amidine groups is 1. The molecule has 1 aromatic carbocycles. The molecule has 0 aliphatic carbocycles. The molecule has 0 saturated carbocycles. The molecule has 3 heterocycles. The van der Waals surface area contributed by atoms with Crippen molar-refractivity contribution in [3.05, 3.63) is 71.1 Å². The maximum atomic E-state index is 9.37. The largest absolute Gasteiger partial charge is 0.508 e. The number of benzene rings is 1. The zero-order chi connectivity index (χ0) is 17.4. The van der Waals surface area contributed by atoms with Crippen LogP contribution in [0.25, 0.3) is 11.5 Å². The summed E-state index contributed by atoms with van der Waals surface area (Å²) in [6.45, 7) is 1.91. The molecule has 4 rings (SSSR count). The summed E-state index contributed by atoms with van der Waals surface area (Å²) in [4.78, 5) is 9.23. The third-order valence-corrected chi connectivity index (χ3v) is 4.46. The van der Waals surface area contributed by atoms with Gasteiger partial charge in [0.2, 0.25) is 0 Å². The molecule has 126 valence electrons. The molecule has 0 saturated heterocycles. The van der Waals surface area contributed by atoms with E-state index in [0.29, 0.717) is 5.84 Å². The first-order valence-electron chi connectivity index (χ1n) is 8.29. The van der Waals surface area contributed by atoms with Gasteiger partial charge in [-0.05, 0) is 55.7 Å². The normalized spacial score (nSPS) is 15.9. The van der Waals surface area contributed by atoms with Crippen molar-refractivity contribution in [3.63, 3.8) is 0 Å². The quantitative estimate of drug-likeness (QED) is 0.761. The van der Waals surface area contributed by atoms with E-state index >= 15 is 0 Å². The number of phenolic OH excluding ortho intramolecular Hbond substituents is 1. The van der Waals surface area contributed by atoms with Crippen LogP contribution in [0.5, 0.6) is 5.75 Å². The smallest absolute Gasteiger partial charge is 0.152 e. The minimum absolute atomic E-state index is 0.0173. The summed E-state index contributed by atoms with van der Waals surface area (Å²) in [5.41, 5.74) is 9.84. The van der Waals surface area contributed by atoms with Crippen LogP contribution >= 0.6 is 0 Å². The van der Waals surface area contributed by atoms with E-state index < -0.39 is 0 Å². The van der Waals surface area contributed by atoms with Crippen LogP contribution in [-0.4, -0.2) is 15.9 Å². The van der Waals surface area contributed by atoms with Crippen molar-refractivity contribution in [2.45, 2.75) is 25.8 Å². The molecule has 3 aromatic rings. The van der Waals surface area contributed by atoms with Crippen LogP contribution in [0.2, 0.25) is 0 Å². The number of fused-ring (bicyclic) bond motifs is 1. The fourth-order valence-electron chi connectivity index (χ4n) is 3.14. The molecule has 0 bridgehead atoms. The maximum Gasteiger partial charge on any atom is 0.152 e. The fourth-order valence-corrected chi connectivity index (χ4v) is 3.14. The second-order valence-electron chi connectivity index (χ2n) is 6.28. The first-order chi connectivity index (χ1) is 12.1. The maximum absolute atomic E-state index is 9.37. The van der Waals surface area contributed by atoms with Gasteiger partial charge in [0.15, 0.2) is 5.76 Å². The molecule has 1 aliphatic heterocycles. The number of phenols is 1. The van der Waals surface area contributed by atoms with Gasteiger partial charge in [-0.15, -0.1) is 0 Å². The molecule has 0 amide bonds. The van der Waals surface area contributed by atoms with Crippen LogP contribution in [0.15, 0.2) is 57.9 Å². The van der Waals surface area contributed by atoms with Crippen LogP contribution in [0.4, 0.5) is 0 Å². The van der Waals surface area contributed by atoms with Gasteiger partial charge < -0.3 is 15.3 Å². The Morgan fingerprint density at radius 1 is 1.08 bits per heavy atom. The number of aromatic nitrogens is 1. The van der Waals surface area contributed by atoms with E-state index in [1.807, 2.05) is 43.3 Å². The highest BCUT2D eigenvalue weighted by Gasteiger charge is 2.25. The van der Waals surface area contributed by atoms with Crippen LogP contribution in [0.1, 0.15) is 35.0 Å². The van der Waals surface area contributed by atoms with E-state index in [0.717, 1.165) is 46.9 Å². The van der Waals surface area contributed by atoms with Crippen molar-refractivity contribution in [1.82, 2.24) is 4.98 Å². The van der Waals surface area contributed by atoms with Crippen molar-refractivity contribution >= 4 is 5.84 Å². The average molecular weight is 333 g/mol. The van der Waals surface area contributed by atoms with Crippen LogP contribution in [0, 0.1) is 6.92 Å². The summed E-state index contributed by atoms with van der Waals surface area (Å²) in [5.74, 6) is 2.35. The number of nitrogens with zero attached hydrogens (tertiary/aromatic N) is 2. The Morgan fingerprint density at radius 3 is 2.60 bits per heavy atom. The number of hydrogen-bond donors (Lipinski definition) is 2. The molecule has 1 atom stereocenters. The van der Waals surface area contributed by atoms with Gasteiger partial charge in [-0.2, -0.15) is 0 Å². The lowest BCUT2D eigenvalue weighted by Crippen LogP contribution is -2.12. The minimum atomic E-state index is 0.0173. The van der Waals surface area contributed by atoms with Crippen molar-refractivity contribution in [1.29, 1.82) is 0 Å². The number of furan rings is 1. The first-order valence-corrected chi connectivity index (χ1v) is 8.29. The van der Waals surface area contributed by atoms with Gasteiger partial charge in [-0.25, -0.2) is 4.98 Å². The minimum Gasteiger partial charge on any atom is -0.508 e. The van der Waals surface area contributed by atoms with Crippen LogP contribution < -0.4 is 5.73 Å². The Kier molecular flexibility index (Phi) is 3.76. The van der Waals surface area contributed by atoms with Gasteiger partial charge in [0.25, 0.3) is 0 Å². The van der Waals surface area contributed by atoms with Crippen molar-refractivity contribution in [2.75, 3.05) is 0 Å². The molecule has 5 nitrogen and oxygen atoms in total. The lowest BCUT2D eigenvalue weighted by atomic mass is 9.99. The van der Waals surface area contributed by atoms with E-state index in [1.54, 1.807) is 12.1 Å². The molecule has 0 radical (unpaired) electrons. The van der Waals surface area contributed by atoms with Crippen LogP contribution in [0.3, 0.4) is 0 Å². The fraction of sp³-hybridized carbons (Fsp3) is 0.200. The molecule has 3 N–H and O–H groups in total. The Bertz CT molecular complexity index is 942. The predicted octanol–water partition coefficient (Wildman–Crippen LogP) is 3.75. The monoisotopic (exact) mass is 333 g/mol. The Hall–Kier alpha value is -3.08.